The maximum atomic E-state index is 14.7. The molecule has 1 aromatic rings. The second-order valence-corrected chi connectivity index (χ2v) is 20.5. The molecule has 0 spiro atoms. The van der Waals surface area contributed by atoms with Crippen LogP contribution in [0, 0.1) is 39.9 Å². The standard InChI is InChI=1S/C43H66N6O7S/c1-13-18-32(27(3)28(4)44-21-14-2)45-38(51)34-30(24-31-35(34)43(31,11)12)36(50)37(42(8,9)10)47-39(52)46-33(41(5,6)7)25-48-22-23-49(57(48,54)55)40(53)56-26-29-19-16-15-17-20-29/h14-17,19-20,30-35,37H,2-3,13,18,21-26H2,1,4-12H3,(H,45,51)(H2,46,47,52)/t30?,31-,32?,33+,34-,35-,37+/m0/s1. The van der Waals surface area contributed by atoms with Crippen molar-refractivity contribution in [3.05, 3.63) is 60.7 Å². The van der Waals surface area contributed by atoms with Crippen LogP contribution in [-0.2, 0) is 31.1 Å². The van der Waals surface area contributed by atoms with E-state index < -0.39 is 57.1 Å². The first-order chi connectivity index (χ1) is 26.5. The SMILES string of the molecule is C=CCN=C(C)C(=C)C(CCC)NC(=O)[C@H]1C(C(=O)[C@@H](NC(=O)N[C@H](CN2CCN(C(=O)OCc3ccccc3)S2(=O)=O)C(C)(C)C)C(C)(C)C)C[C@H]2[C@@H]1C2(C)C. The number of benzene rings is 1. The number of nitrogens with zero attached hydrogens (tertiary/aromatic N) is 3. The summed E-state index contributed by atoms with van der Waals surface area (Å²) in [5, 5.41) is 9.14. The molecule has 1 heterocycles. The first kappa shape index (κ1) is 45.7. The number of nitrogens with one attached hydrogen (secondary N) is 3. The summed E-state index contributed by atoms with van der Waals surface area (Å²) in [6, 6.07) is 6.36. The summed E-state index contributed by atoms with van der Waals surface area (Å²) in [5.41, 5.74) is 0.774. The Morgan fingerprint density at radius 3 is 2.25 bits per heavy atom. The Bertz CT molecular complexity index is 1810. The van der Waals surface area contributed by atoms with Crippen LogP contribution in [0.3, 0.4) is 0 Å². The van der Waals surface area contributed by atoms with Crippen LogP contribution in [0.2, 0.25) is 0 Å². The zero-order chi connectivity index (χ0) is 42.7. The Hall–Kier alpha value is -4.04. The van der Waals surface area contributed by atoms with Crippen molar-refractivity contribution in [2.45, 2.75) is 113 Å². The summed E-state index contributed by atoms with van der Waals surface area (Å²) in [5.74, 6) is -1.34. The lowest BCUT2D eigenvalue weighted by molar-refractivity contribution is -0.136. The van der Waals surface area contributed by atoms with Gasteiger partial charge in [0.15, 0.2) is 5.78 Å². The van der Waals surface area contributed by atoms with E-state index in [9.17, 15) is 27.6 Å². The number of amides is 4. The van der Waals surface area contributed by atoms with E-state index in [1.165, 1.54) is 4.31 Å². The van der Waals surface area contributed by atoms with Crippen LogP contribution in [0.25, 0.3) is 0 Å². The van der Waals surface area contributed by atoms with Gasteiger partial charge in [-0.25, -0.2) is 9.59 Å². The molecular weight excluding hydrogens is 745 g/mol. The largest absolute Gasteiger partial charge is 0.444 e. The summed E-state index contributed by atoms with van der Waals surface area (Å²) in [4.78, 5) is 60.3. The number of hydrogen-bond donors (Lipinski definition) is 3. The molecule has 2 aliphatic carbocycles. The quantitative estimate of drug-likeness (QED) is 0.131. The smallest absolute Gasteiger partial charge is 0.424 e. The van der Waals surface area contributed by atoms with Gasteiger partial charge in [0.25, 0.3) is 0 Å². The highest BCUT2D eigenvalue weighted by molar-refractivity contribution is 7.87. The average molecular weight is 811 g/mol. The van der Waals surface area contributed by atoms with E-state index >= 15 is 0 Å². The highest BCUT2D eigenvalue weighted by atomic mass is 32.2. The van der Waals surface area contributed by atoms with Crippen LogP contribution in [0.5, 0.6) is 0 Å². The van der Waals surface area contributed by atoms with Gasteiger partial charge >= 0.3 is 22.3 Å². The summed E-state index contributed by atoms with van der Waals surface area (Å²) in [6.45, 7) is 27.7. The summed E-state index contributed by atoms with van der Waals surface area (Å²) >= 11 is 0. The molecule has 3 fully saturated rings. The van der Waals surface area contributed by atoms with Crippen molar-refractivity contribution in [3.63, 3.8) is 0 Å². The molecule has 2 unspecified atom stereocenters. The number of hydrogen-bond acceptors (Lipinski definition) is 8. The minimum absolute atomic E-state index is 0.0230. The molecule has 57 heavy (non-hydrogen) atoms. The number of urea groups is 1. The van der Waals surface area contributed by atoms with Crippen molar-refractivity contribution in [1.82, 2.24) is 24.6 Å². The maximum absolute atomic E-state index is 14.7. The fourth-order valence-corrected chi connectivity index (χ4v) is 9.92. The molecule has 13 nitrogen and oxygen atoms in total. The molecule has 0 aromatic heterocycles. The molecule has 4 amide bonds. The third kappa shape index (κ3) is 10.5. The van der Waals surface area contributed by atoms with E-state index in [1.54, 1.807) is 30.3 Å². The van der Waals surface area contributed by atoms with Gasteiger partial charge in [-0.05, 0) is 59.0 Å². The van der Waals surface area contributed by atoms with Crippen LogP contribution in [-0.4, -0.2) is 90.9 Å². The number of rotatable bonds is 16. The minimum atomic E-state index is -4.23. The predicted molar refractivity (Wildman–Crippen MR) is 223 cm³/mol. The van der Waals surface area contributed by atoms with Crippen molar-refractivity contribution >= 4 is 39.7 Å². The van der Waals surface area contributed by atoms with Gasteiger partial charge in [-0.3, -0.25) is 14.6 Å². The first-order valence-electron chi connectivity index (χ1n) is 20.2. The predicted octanol–water partition coefficient (Wildman–Crippen LogP) is 6.28. The zero-order valence-corrected chi connectivity index (χ0v) is 36.5. The lowest BCUT2D eigenvalue weighted by Gasteiger charge is -2.37. The van der Waals surface area contributed by atoms with Crippen LogP contribution in [0.4, 0.5) is 9.59 Å². The fourth-order valence-electron chi connectivity index (χ4n) is 8.44. The Balaban J connectivity index is 1.48. The Morgan fingerprint density at radius 2 is 1.67 bits per heavy atom. The highest BCUT2D eigenvalue weighted by Gasteiger charge is 2.70. The Morgan fingerprint density at radius 1 is 1.02 bits per heavy atom. The molecule has 7 atom stereocenters. The highest BCUT2D eigenvalue weighted by Crippen LogP contribution is 2.71. The van der Waals surface area contributed by atoms with Gasteiger partial charge in [-0.2, -0.15) is 17.0 Å². The second kappa shape index (κ2) is 17.8. The Labute approximate surface area is 340 Å². The molecular formula is C43H66N6O7S. The number of carbonyl (C=O) groups excluding carboxylic acids is 4. The topological polar surface area (TPSA) is 167 Å². The van der Waals surface area contributed by atoms with Gasteiger partial charge in [-0.15, -0.1) is 6.58 Å². The van der Waals surface area contributed by atoms with Crippen molar-refractivity contribution in [1.29, 1.82) is 0 Å². The van der Waals surface area contributed by atoms with Gasteiger partial charge < -0.3 is 20.7 Å². The summed E-state index contributed by atoms with van der Waals surface area (Å²) in [6.07, 6.45) is 2.77. The van der Waals surface area contributed by atoms with Gasteiger partial charge in [0.2, 0.25) is 5.91 Å². The molecule has 3 aliphatic rings. The van der Waals surface area contributed by atoms with Crippen molar-refractivity contribution in [2.75, 3.05) is 26.2 Å². The number of Topliss-reactive ketones (excluding diaryl/α,β-unsaturated/α-hetero) is 1. The van der Waals surface area contributed by atoms with Crippen molar-refractivity contribution < 1.29 is 32.3 Å². The number of aliphatic imine (C=N–C) groups is 1. The van der Waals surface area contributed by atoms with Gasteiger partial charge in [0.1, 0.15) is 6.61 Å². The third-order valence-electron chi connectivity index (χ3n) is 12.1. The molecule has 1 aromatic carbocycles. The molecule has 1 saturated heterocycles. The van der Waals surface area contributed by atoms with Gasteiger partial charge in [0.05, 0.1) is 31.1 Å². The van der Waals surface area contributed by atoms with Gasteiger partial charge in [-0.1, -0.05) is 112 Å². The lowest BCUT2D eigenvalue weighted by atomic mass is 9.74. The van der Waals surface area contributed by atoms with E-state index in [0.29, 0.717) is 23.7 Å². The van der Waals surface area contributed by atoms with E-state index in [-0.39, 0.29) is 61.2 Å². The number of ether oxygens (including phenoxy) is 1. The number of ketones is 1. The minimum Gasteiger partial charge on any atom is -0.444 e. The molecule has 0 radical (unpaired) electrons. The molecule has 14 heteroatoms. The van der Waals surface area contributed by atoms with Crippen LogP contribution in [0.15, 0.2) is 60.1 Å². The summed E-state index contributed by atoms with van der Waals surface area (Å²) in [7, 11) is -4.23. The van der Waals surface area contributed by atoms with Crippen LogP contribution < -0.4 is 16.0 Å². The first-order valence-corrected chi connectivity index (χ1v) is 21.6. The third-order valence-corrected chi connectivity index (χ3v) is 14.0. The van der Waals surface area contributed by atoms with E-state index in [1.807, 2.05) is 61.5 Å². The molecule has 4 rings (SSSR count). The number of fused-ring (bicyclic) bond motifs is 1. The molecule has 316 valence electrons. The van der Waals surface area contributed by atoms with Crippen LogP contribution in [0.1, 0.15) is 94.1 Å². The average Bonchev–Trinajstić information content (AvgIpc) is 3.39. The molecule has 3 N–H and O–H groups in total. The number of carbonyl (C=O) groups is 4. The normalized spacial score (nSPS) is 24.4. The molecule has 1 aliphatic heterocycles. The Kier molecular flexibility index (Phi) is 14.3. The maximum Gasteiger partial charge on any atom is 0.424 e. The lowest BCUT2D eigenvalue weighted by Crippen LogP contribution is -2.59. The fraction of sp³-hybridized carbons (Fsp3) is 0.651. The molecule has 2 saturated carbocycles. The zero-order valence-electron chi connectivity index (χ0n) is 35.7. The van der Waals surface area contributed by atoms with Crippen LogP contribution >= 0.6 is 0 Å². The van der Waals surface area contributed by atoms with E-state index in [0.717, 1.165) is 23.3 Å². The second-order valence-electron chi connectivity index (χ2n) is 18.6. The van der Waals surface area contributed by atoms with Crippen molar-refractivity contribution in [2.24, 2.45) is 44.9 Å². The van der Waals surface area contributed by atoms with Gasteiger partial charge in [0, 0.05) is 30.8 Å². The van der Waals surface area contributed by atoms with Crippen molar-refractivity contribution in [3.8, 4) is 0 Å². The molecule has 0 bridgehead atoms. The van der Waals surface area contributed by atoms with E-state index in [4.69, 9.17) is 4.74 Å². The monoisotopic (exact) mass is 810 g/mol. The summed E-state index contributed by atoms with van der Waals surface area (Å²) < 4.78 is 34.3. The van der Waals surface area contributed by atoms with E-state index in [2.05, 4.69) is 47.9 Å².